The van der Waals surface area contributed by atoms with E-state index >= 15 is 0 Å². The lowest BCUT2D eigenvalue weighted by atomic mass is 10.2. The molecule has 0 saturated heterocycles. The summed E-state index contributed by atoms with van der Waals surface area (Å²) in [4.78, 5) is 0. The van der Waals surface area contributed by atoms with Crippen LogP contribution in [0.2, 0.25) is 0 Å². The van der Waals surface area contributed by atoms with Crippen LogP contribution in [0.1, 0.15) is 19.4 Å². The highest BCUT2D eigenvalue weighted by Gasteiger charge is 2.02. The van der Waals surface area contributed by atoms with Gasteiger partial charge in [0.2, 0.25) is 0 Å². The van der Waals surface area contributed by atoms with Gasteiger partial charge in [-0.25, -0.2) is 4.21 Å². The van der Waals surface area contributed by atoms with Crippen LogP contribution in [0.5, 0.6) is 0 Å². The first-order valence-corrected chi connectivity index (χ1v) is 6.74. The Morgan fingerprint density at radius 1 is 1.29 bits per heavy atom. The minimum Gasteiger partial charge on any atom is -0.249 e. The van der Waals surface area contributed by atoms with Crippen molar-refractivity contribution in [3.05, 3.63) is 29.8 Å². The minimum absolute atomic E-state index is 0.622. The first-order valence-electron chi connectivity index (χ1n) is 4.89. The molecule has 0 fully saturated rings. The molecule has 0 atom stereocenters. The molecule has 0 N–H and O–H groups in total. The number of nitrogens with zero attached hydrogens (tertiary/aromatic N) is 1. The number of aryl methyl sites for hydroxylation is 1. The van der Waals surface area contributed by atoms with Crippen LogP contribution in [0.4, 0.5) is 5.69 Å². The fourth-order valence-electron chi connectivity index (χ4n) is 1.21. The largest absolute Gasteiger partial charge is 0.249 e. The van der Waals surface area contributed by atoms with Gasteiger partial charge in [-0.05, 0) is 24.6 Å². The third kappa shape index (κ3) is 2.84. The molecule has 1 aromatic rings. The summed E-state index contributed by atoms with van der Waals surface area (Å²) in [6.07, 6.45) is 0. The van der Waals surface area contributed by atoms with E-state index in [2.05, 4.69) is 4.36 Å². The van der Waals surface area contributed by atoms with Crippen molar-refractivity contribution in [3.8, 4) is 0 Å². The van der Waals surface area contributed by atoms with Gasteiger partial charge < -0.3 is 0 Å². The number of rotatable bonds is 3. The van der Waals surface area contributed by atoms with Gasteiger partial charge in [-0.3, -0.25) is 0 Å². The van der Waals surface area contributed by atoms with Crippen molar-refractivity contribution in [2.45, 2.75) is 20.8 Å². The van der Waals surface area contributed by atoms with E-state index in [-0.39, 0.29) is 0 Å². The second-order valence-electron chi connectivity index (χ2n) is 3.28. The smallest absolute Gasteiger partial charge is 0.0732 e. The summed E-state index contributed by atoms with van der Waals surface area (Å²) in [6, 6.07) is 7.82. The van der Waals surface area contributed by atoms with Gasteiger partial charge in [0.25, 0.3) is 0 Å². The standard InChI is InChI=1S/C11H17NOS/c1-4-14(13,5-2)12-11-8-6-7-10(3)9-11/h6-9H,4-5H2,1-3H3. The van der Waals surface area contributed by atoms with Crippen LogP contribution in [0, 0.1) is 6.92 Å². The maximum absolute atomic E-state index is 12.0. The molecule has 0 amide bonds. The van der Waals surface area contributed by atoms with Crippen LogP contribution in [0.3, 0.4) is 0 Å². The Kier molecular flexibility index (Phi) is 3.69. The predicted molar refractivity (Wildman–Crippen MR) is 62.5 cm³/mol. The third-order valence-corrected chi connectivity index (χ3v) is 4.52. The molecule has 0 aromatic heterocycles. The maximum atomic E-state index is 12.0. The zero-order valence-electron chi connectivity index (χ0n) is 8.99. The maximum Gasteiger partial charge on any atom is 0.0732 e. The summed E-state index contributed by atoms with van der Waals surface area (Å²) >= 11 is 0. The Labute approximate surface area is 86.5 Å². The summed E-state index contributed by atoms with van der Waals surface area (Å²) in [5.41, 5.74) is 1.99. The fourth-order valence-corrected chi connectivity index (χ4v) is 2.37. The molecule has 78 valence electrons. The van der Waals surface area contributed by atoms with E-state index in [0.717, 1.165) is 11.3 Å². The van der Waals surface area contributed by atoms with E-state index in [1.807, 2.05) is 45.0 Å². The van der Waals surface area contributed by atoms with Crippen LogP contribution in [-0.2, 0) is 9.73 Å². The molecule has 0 bridgehead atoms. The van der Waals surface area contributed by atoms with Crippen molar-refractivity contribution >= 4 is 15.4 Å². The van der Waals surface area contributed by atoms with Crippen molar-refractivity contribution in [2.24, 2.45) is 4.36 Å². The van der Waals surface area contributed by atoms with E-state index in [0.29, 0.717) is 11.5 Å². The van der Waals surface area contributed by atoms with Crippen LogP contribution in [-0.4, -0.2) is 15.7 Å². The van der Waals surface area contributed by atoms with Gasteiger partial charge >= 0.3 is 0 Å². The van der Waals surface area contributed by atoms with E-state index in [1.54, 1.807) is 0 Å². The Morgan fingerprint density at radius 3 is 2.43 bits per heavy atom. The highest BCUT2D eigenvalue weighted by molar-refractivity contribution is 7.93. The highest BCUT2D eigenvalue weighted by atomic mass is 32.2. The SMILES string of the molecule is CCS(=O)(CC)=Nc1cccc(C)c1. The van der Waals surface area contributed by atoms with Gasteiger partial charge in [0.05, 0.1) is 15.4 Å². The highest BCUT2D eigenvalue weighted by Crippen LogP contribution is 2.16. The molecule has 1 rings (SSSR count). The number of benzene rings is 1. The first kappa shape index (κ1) is 11.2. The average Bonchev–Trinajstić information content (AvgIpc) is 2.18. The van der Waals surface area contributed by atoms with Crippen LogP contribution < -0.4 is 0 Å². The first-order chi connectivity index (χ1) is 6.59. The van der Waals surface area contributed by atoms with Gasteiger partial charge in [0.1, 0.15) is 0 Å². The van der Waals surface area contributed by atoms with Gasteiger partial charge in [-0.15, -0.1) is 0 Å². The number of hydrogen-bond donors (Lipinski definition) is 0. The third-order valence-electron chi connectivity index (χ3n) is 2.18. The molecule has 0 radical (unpaired) electrons. The second-order valence-corrected chi connectivity index (χ2v) is 6.16. The van der Waals surface area contributed by atoms with Crippen molar-refractivity contribution in [1.82, 2.24) is 0 Å². The molecule has 0 spiro atoms. The monoisotopic (exact) mass is 211 g/mol. The van der Waals surface area contributed by atoms with Crippen LogP contribution in [0.25, 0.3) is 0 Å². The summed E-state index contributed by atoms with van der Waals surface area (Å²) in [5, 5.41) is 0. The van der Waals surface area contributed by atoms with Crippen LogP contribution in [0.15, 0.2) is 28.6 Å². The molecular formula is C11H17NOS. The fraction of sp³-hybridized carbons (Fsp3) is 0.455. The number of hydrogen-bond acceptors (Lipinski definition) is 2. The molecular weight excluding hydrogens is 194 g/mol. The Bertz CT molecular complexity index is 407. The molecule has 0 aliphatic heterocycles. The molecule has 0 saturated carbocycles. The van der Waals surface area contributed by atoms with E-state index in [4.69, 9.17) is 0 Å². The van der Waals surface area contributed by atoms with Crippen molar-refractivity contribution in [3.63, 3.8) is 0 Å². The minimum atomic E-state index is -2.01. The Morgan fingerprint density at radius 2 is 1.93 bits per heavy atom. The molecule has 0 aliphatic carbocycles. The summed E-state index contributed by atoms with van der Waals surface area (Å²) in [7, 11) is -2.01. The van der Waals surface area contributed by atoms with Crippen molar-refractivity contribution in [1.29, 1.82) is 0 Å². The molecule has 1 aromatic carbocycles. The van der Waals surface area contributed by atoms with Crippen molar-refractivity contribution < 1.29 is 4.21 Å². The van der Waals surface area contributed by atoms with E-state index < -0.39 is 9.73 Å². The van der Waals surface area contributed by atoms with E-state index in [1.165, 1.54) is 0 Å². The van der Waals surface area contributed by atoms with Gasteiger partial charge in [0, 0.05) is 11.5 Å². The molecule has 14 heavy (non-hydrogen) atoms. The molecule has 0 heterocycles. The Hall–Kier alpha value is -0.830. The second kappa shape index (κ2) is 4.60. The van der Waals surface area contributed by atoms with Crippen molar-refractivity contribution in [2.75, 3.05) is 11.5 Å². The topological polar surface area (TPSA) is 29.4 Å². The average molecular weight is 211 g/mol. The van der Waals surface area contributed by atoms with Gasteiger partial charge in [-0.2, -0.15) is 4.36 Å². The molecule has 0 unspecified atom stereocenters. The summed E-state index contributed by atoms with van der Waals surface area (Å²) < 4.78 is 16.4. The van der Waals surface area contributed by atoms with E-state index in [9.17, 15) is 4.21 Å². The zero-order valence-corrected chi connectivity index (χ0v) is 9.80. The lowest BCUT2D eigenvalue weighted by Crippen LogP contribution is -2.04. The van der Waals surface area contributed by atoms with Gasteiger partial charge in [0.15, 0.2) is 0 Å². The molecule has 3 heteroatoms. The predicted octanol–water partition coefficient (Wildman–Crippen LogP) is 3.13. The lowest BCUT2D eigenvalue weighted by Gasteiger charge is -2.04. The van der Waals surface area contributed by atoms with Crippen LogP contribution >= 0.6 is 0 Å². The molecule has 2 nitrogen and oxygen atoms in total. The quantitative estimate of drug-likeness (QED) is 0.755. The summed E-state index contributed by atoms with van der Waals surface area (Å²) in [6.45, 7) is 5.86. The Balaban J connectivity index is 3.14. The summed E-state index contributed by atoms with van der Waals surface area (Å²) in [5.74, 6) is 1.24. The normalized spacial score (nSPS) is 11.4. The molecule has 0 aliphatic rings. The van der Waals surface area contributed by atoms with Gasteiger partial charge in [-0.1, -0.05) is 26.0 Å². The lowest BCUT2D eigenvalue weighted by molar-refractivity contribution is 0.678. The zero-order chi connectivity index (χ0) is 10.6.